The van der Waals surface area contributed by atoms with Gasteiger partial charge in [0, 0.05) is 62.2 Å². The van der Waals surface area contributed by atoms with Crippen molar-refractivity contribution in [1.29, 1.82) is 0 Å². The smallest absolute Gasteiger partial charge is 0.126 e. The van der Waals surface area contributed by atoms with Gasteiger partial charge in [0.05, 0.1) is 6.61 Å². The van der Waals surface area contributed by atoms with E-state index in [0.717, 1.165) is 61.7 Å². The maximum atomic E-state index is 10.1. The van der Waals surface area contributed by atoms with Crippen LogP contribution in [0.4, 0.5) is 0 Å². The van der Waals surface area contributed by atoms with Gasteiger partial charge in [0.25, 0.3) is 0 Å². The van der Waals surface area contributed by atoms with Crippen LogP contribution in [0.1, 0.15) is 87.8 Å². The second-order valence-electron chi connectivity index (χ2n) is 16.4. The largest absolute Gasteiger partial charge is 0.508 e. The molecule has 4 aromatic carbocycles. The molecule has 1 unspecified atom stereocenters. The highest BCUT2D eigenvalue weighted by Crippen LogP contribution is 2.51. The van der Waals surface area contributed by atoms with Crippen molar-refractivity contribution < 1.29 is 19.7 Å². The summed E-state index contributed by atoms with van der Waals surface area (Å²) in [4.78, 5) is 5.10. The molecule has 1 saturated heterocycles. The van der Waals surface area contributed by atoms with Crippen molar-refractivity contribution in [2.45, 2.75) is 77.2 Å². The predicted molar refractivity (Wildman–Crippen MR) is 198 cm³/mol. The van der Waals surface area contributed by atoms with Crippen LogP contribution in [0, 0.1) is 0 Å². The number of rotatable bonds is 8. The summed E-state index contributed by atoms with van der Waals surface area (Å²) in [5.74, 6) is 1.99. The first-order valence-electron chi connectivity index (χ1n) is 17.8. The van der Waals surface area contributed by atoms with E-state index in [1.54, 1.807) is 24.3 Å². The van der Waals surface area contributed by atoms with Crippen LogP contribution in [0.5, 0.6) is 23.0 Å². The highest BCUT2D eigenvalue weighted by molar-refractivity contribution is 5.53. The quantitative estimate of drug-likeness (QED) is 0.198. The van der Waals surface area contributed by atoms with Gasteiger partial charge < -0.3 is 19.7 Å². The maximum absolute atomic E-state index is 10.1. The summed E-state index contributed by atoms with van der Waals surface area (Å²) < 4.78 is 12.5. The minimum atomic E-state index is -0.382. The molecule has 4 aromatic rings. The molecule has 6 rings (SSSR count). The third kappa shape index (κ3) is 7.92. The third-order valence-corrected chi connectivity index (χ3v) is 10.5. The van der Waals surface area contributed by atoms with Crippen LogP contribution in [0.2, 0.25) is 0 Å². The standard InChI is InChI=1S/C43H54N2O4/c1-41(2,3)33-24-30(25-34(26-33)42(4,5)6)28-45-20-18-44(19-21-45)22-23-48-37-15-8-31(9-16-37)40-38-17-14-36(47)27-39(38)49-29-43(40,7)32-10-12-35(46)13-11-32/h8-17,24-27,40,46-47H,18-23,28-29H2,1-7H3/t40?,43-/m1/s1. The van der Waals surface area contributed by atoms with Crippen molar-refractivity contribution in [1.82, 2.24) is 9.80 Å². The second kappa shape index (κ2) is 13.7. The number of aromatic hydroxyl groups is 2. The number of hydrogen-bond donors (Lipinski definition) is 2. The number of benzene rings is 4. The van der Waals surface area contributed by atoms with Gasteiger partial charge in [-0.1, -0.05) is 97.0 Å². The highest BCUT2D eigenvalue weighted by atomic mass is 16.5. The number of fused-ring (bicyclic) bond motifs is 1. The topological polar surface area (TPSA) is 65.4 Å². The summed E-state index contributed by atoms with van der Waals surface area (Å²) in [6, 6.07) is 28.5. The van der Waals surface area contributed by atoms with Gasteiger partial charge in [-0.3, -0.25) is 9.80 Å². The number of piperazine rings is 1. The summed E-state index contributed by atoms with van der Waals surface area (Å²) in [5, 5.41) is 20.1. The molecule has 2 atom stereocenters. The monoisotopic (exact) mass is 662 g/mol. The molecule has 0 aromatic heterocycles. The minimum Gasteiger partial charge on any atom is -0.508 e. The number of nitrogens with zero attached hydrogens (tertiary/aromatic N) is 2. The second-order valence-corrected chi connectivity index (χ2v) is 16.4. The van der Waals surface area contributed by atoms with Gasteiger partial charge in [0.2, 0.25) is 0 Å². The Morgan fingerprint density at radius 3 is 1.94 bits per heavy atom. The molecular formula is C43H54N2O4. The molecule has 1 fully saturated rings. The molecular weight excluding hydrogens is 608 g/mol. The Kier molecular flexibility index (Phi) is 9.76. The summed E-state index contributed by atoms with van der Waals surface area (Å²) in [6.45, 7) is 23.2. The molecule has 0 radical (unpaired) electrons. The zero-order valence-electron chi connectivity index (χ0n) is 30.4. The van der Waals surface area contributed by atoms with E-state index in [1.165, 1.54) is 16.7 Å². The van der Waals surface area contributed by atoms with Crippen molar-refractivity contribution in [2.24, 2.45) is 0 Å². The first-order valence-corrected chi connectivity index (χ1v) is 17.8. The molecule has 0 spiro atoms. The number of phenols is 2. The van der Waals surface area contributed by atoms with Crippen molar-refractivity contribution in [3.05, 3.63) is 118 Å². The SMILES string of the molecule is CC(C)(C)c1cc(CN2CCN(CCOc3ccc(C4c5ccc(O)cc5OC[C@]4(C)c4ccc(O)cc4)cc3)CC2)cc(C(C)(C)C)c1. The molecule has 2 heterocycles. The lowest BCUT2D eigenvalue weighted by molar-refractivity contribution is 0.112. The maximum Gasteiger partial charge on any atom is 0.126 e. The van der Waals surface area contributed by atoms with Crippen molar-refractivity contribution in [3.8, 4) is 23.0 Å². The molecule has 0 bridgehead atoms. The zero-order chi connectivity index (χ0) is 35.0. The summed E-state index contributed by atoms with van der Waals surface area (Å²) in [6.07, 6.45) is 0. The Balaban J connectivity index is 1.06. The van der Waals surface area contributed by atoms with Crippen LogP contribution >= 0.6 is 0 Å². The van der Waals surface area contributed by atoms with E-state index in [-0.39, 0.29) is 33.7 Å². The predicted octanol–water partition coefficient (Wildman–Crippen LogP) is 8.37. The lowest BCUT2D eigenvalue weighted by Crippen LogP contribution is -2.47. The van der Waals surface area contributed by atoms with Crippen LogP contribution in [-0.2, 0) is 22.8 Å². The molecule has 0 amide bonds. The van der Waals surface area contributed by atoms with Crippen LogP contribution in [0.25, 0.3) is 0 Å². The molecule has 0 aliphatic carbocycles. The van der Waals surface area contributed by atoms with E-state index in [4.69, 9.17) is 9.47 Å². The zero-order valence-corrected chi connectivity index (χ0v) is 30.4. The van der Waals surface area contributed by atoms with E-state index in [2.05, 4.69) is 101 Å². The van der Waals surface area contributed by atoms with Gasteiger partial charge in [-0.2, -0.15) is 0 Å². The first-order chi connectivity index (χ1) is 23.2. The van der Waals surface area contributed by atoms with E-state index in [0.29, 0.717) is 19.0 Å². The highest BCUT2D eigenvalue weighted by Gasteiger charge is 2.43. The summed E-state index contributed by atoms with van der Waals surface area (Å²) >= 11 is 0. The van der Waals surface area contributed by atoms with Crippen LogP contribution in [0.15, 0.2) is 84.9 Å². The number of ether oxygens (including phenoxy) is 2. The molecule has 2 N–H and O–H groups in total. The molecule has 6 nitrogen and oxygen atoms in total. The Bertz CT molecular complexity index is 1700. The van der Waals surface area contributed by atoms with E-state index < -0.39 is 0 Å². The number of hydrogen-bond acceptors (Lipinski definition) is 6. The van der Waals surface area contributed by atoms with Gasteiger partial charge in [0.15, 0.2) is 0 Å². The van der Waals surface area contributed by atoms with E-state index >= 15 is 0 Å². The Hall–Kier alpha value is -4.00. The Morgan fingerprint density at radius 2 is 1.33 bits per heavy atom. The van der Waals surface area contributed by atoms with Crippen molar-refractivity contribution >= 4 is 0 Å². The minimum absolute atomic E-state index is 0.0114. The van der Waals surface area contributed by atoms with Crippen molar-refractivity contribution in [3.63, 3.8) is 0 Å². The van der Waals surface area contributed by atoms with E-state index in [9.17, 15) is 10.2 Å². The third-order valence-electron chi connectivity index (χ3n) is 10.5. The average molecular weight is 663 g/mol. The Labute approximate surface area is 293 Å². The lowest BCUT2D eigenvalue weighted by Gasteiger charge is -2.43. The molecule has 260 valence electrons. The lowest BCUT2D eigenvalue weighted by atomic mass is 9.65. The fourth-order valence-corrected chi connectivity index (χ4v) is 7.31. The van der Waals surface area contributed by atoms with Gasteiger partial charge in [-0.05, 0) is 69.0 Å². The van der Waals surface area contributed by atoms with Gasteiger partial charge in [0.1, 0.15) is 29.6 Å². The van der Waals surface area contributed by atoms with Gasteiger partial charge >= 0.3 is 0 Å². The summed E-state index contributed by atoms with van der Waals surface area (Å²) in [5.41, 5.74) is 7.40. The van der Waals surface area contributed by atoms with Gasteiger partial charge in [-0.15, -0.1) is 0 Å². The molecule has 49 heavy (non-hydrogen) atoms. The average Bonchev–Trinajstić information content (AvgIpc) is 3.05. The molecule has 0 saturated carbocycles. The van der Waals surface area contributed by atoms with Crippen LogP contribution < -0.4 is 9.47 Å². The van der Waals surface area contributed by atoms with Crippen molar-refractivity contribution in [2.75, 3.05) is 45.9 Å². The van der Waals surface area contributed by atoms with Gasteiger partial charge in [-0.25, -0.2) is 0 Å². The molecule has 2 aliphatic rings. The van der Waals surface area contributed by atoms with E-state index in [1.807, 2.05) is 18.2 Å². The fourth-order valence-electron chi connectivity index (χ4n) is 7.31. The fraction of sp³-hybridized carbons (Fsp3) is 0.442. The normalized spacial score (nSPS) is 20.4. The molecule has 2 aliphatic heterocycles. The Morgan fingerprint density at radius 1 is 0.735 bits per heavy atom. The van der Waals surface area contributed by atoms with Crippen LogP contribution in [-0.4, -0.2) is 66.0 Å². The molecule has 6 heteroatoms. The number of phenolic OH excluding ortho intramolecular Hbond substituents is 2. The van der Waals surface area contributed by atoms with Crippen LogP contribution in [0.3, 0.4) is 0 Å². The summed E-state index contributed by atoms with van der Waals surface area (Å²) in [7, 11) is 0. The first kappa shape index (κ1) is 34.8.